The Morgan fingerprint density at radius 1 is 1.11 bits per heavy atom. The summed E-state index contributed by atoms with van der Waals surface area (Å²) in [5.74, 6) is -0.443. The fourth-order valence-corrected chi connectivity index (χ4v) is 2.06. The summed E-state index contributed by atoms with van der Waals surface area (Å²) in [6.45, 7) is 4.37. The van der Waals surface area contributed by atoms with Crippen LogP contribution in [0.3, 0.4) is 0 Å². The van der Waals surface area contributed by atoms with E-state index in [1.54, 1.807) is 18.2 Å². The number of aryl methyl sites for hydroxylation is 1. The zero-order chi connectivity index (χ0) is 13.8. The van der Waals surface area contributed by atoms with E-state index in [2.05, 4.69) is 5.32 Å². The normalized spacial score (nSPS) is 12.4. The van der Waals surface area contributed by atoms with Crippen molar-refractivity contribution in [2.75, 3.05) is 0 Å². The van der Waals surface area contributed by atoms with Crippen LogP contribution in [0, 0.1) is 18.6 Å². The molecule has 2 aromatic rings. The first kappa shape index (κ1) is 13.7. The van der Waals surface area contributed by atoms with Crippen molar-refractivity contribution in [1.82, 2.24) is 5.32 Å². The van der Waals surface area contributed by atoms with Crippen molar-refractivity contribution in [1.29, 1.82) is 0 Å². The van der Waals surface area contributed by atoms with Crippen LogP contribution in [0.25, 0.3) is 0 Å². The van der Waals surface area contributed by atoms with Crippen LogP contribution >= 0.6 is 0 Å². The number of halogens is 2. The van der Waals surface area contributed by atoms with Gasteiger partial charge in [0, 0.05) is 18.2 Å². The molecule has 0 aliphatic rings. The second kappa shape index (κ2) is 5.93. The average Bonchev–Trinajstić information content (AvgIpc) is 2.38. The minimum atomic E-state index is -0.233. The fourth-order valence-electron chi connectivity index (χ4n) is 2.06. The minimum absolute atomic E-state index is 0.0920. The first-order valence-electron chi connectivity index (χ1n) is 6.31. The Balaban J connectivity index is 2.04. The lowest BCUT2D eigenvalue weighted by atomic mass is 10.1. The van der Waals surface area contributed by atoms with Gasteiger partial charge in [-0.15, -0.1) is 0 Å². The van der Waals surface area contributed by atoms with E-state index in [1.807, 2.05) is 19.9 Å². The monoisotopic (exact) mass is 261 g/mol. The smallest absolute Gasteiger partial charge is 0.127 e. The standard InChI is InChI=1S/C16H17F2N/c1-11-9-14(17)8-7-13(11)10-19-12(2)15-5-3-4-6-16(15)18/h3-9,12,19H,10H2,1-2H3/t12-/m1/s1. The van der Waals surface area contributed by atoms with Gasteiger partial charge >= 0.3 is 0 Å². The summed E-state index contributed by atoms with van der Waals surface area (Å²) >= 11 is 0. The van der Waals surface area contributed by atoms with Crippen molar-refractivity contribution >= 4 is 0 Å². The maximum Gasteiger partial charge on any atom is 0.127 e. The van der Waals surface area contributed by atoms with Crippen LogP contribution in [-0.2, 0) is 6.54 Å². The fraction of sp³-hybridized carbons (Fsp3) is 0.250. The van der Waals surface area contributed by atoms with E-state index in [0.29, 0.717) is 12.1 Å². The van der Waals surface area contributed by atoms with E-state index in [0.717, 1.165) is 11.1 Å². The maximum absolute atomic E-state index is 13.6. The van der Waals surface area contributed by atoms with E-state index in [9.17, 15) is 8.78 Å². The third-order valence-corrected chi connectivity index (χ3v) is 3.28. The van der Waals surface area contributed by atoms with Crippen molar-refractivity contribution in [3.05, 3.63) is 70.8 Å². The summed E-state index contributed by atoms with van der Waals surface area (Å²) in [5, 5.41) is 3.25. The lowest BCUT2D eigenvalue weighted by Gasteiger charge is -2.16. The van der Waals surface area contributed by atoms with E-state index in [1.165, 1.54) is 18.2 Å². The van der Waals surface area contributed by atoms with Crippen LogP contribution < -0.4 is 5.32 Å². The summed E-state index contributed by atoms with van der Waals surface area (Å²) < 4.78 is 26.6. The number of nitrogens with one attached hydrogen (secondary N) is 1. The molecule has 100 valence electrons. The SMILES string of the molecule is Cc1cc(F)ccc1CN[C@H](C)c1ccccc1F. The minimum Gasteiger partial charge on any atom is -0.306 e. The molecule has 0 saturated heterocycles. The highest BCUT2D eigenvalue weighted by atomic mass is 19.1. The molecule has 1 N–H and O–H groups in total. The van der Waals surface area contributed by atoms with Crippen LogP contribution in [-0.4, -0.2) is 0 Å². The van der Waals surface area contributed by atoms with E-state index in [-0.39, 0.29) is 17.7 Å². The van der Waals surface area contributed by atoms with Gasteiger partial charge in [0.1, 0.15) is 11.6 Å². The van der Waals surface area contributed by atoms with Gasteiger partial charge in [-0.3, -0.25) is 0 Å². The van der Waals surface area contributed by atoms with Crippen LogP contribution in [0.1, 0.15) is 29.7 Å². The first-order chi connectivity index (χ1) is 9.08. The lowest BCUT2D eigenvalue weighted by molar-refractivity contribution is 0.527. The van der Waals surface area contributed by atoms with Crippen molar-refractivity contribution in [3.63, 3.8) is 0 Å². The molecule has 0 aliphatic heterocycles. The van der Waals surface area contributed by atoms with Gasteiger partial charge in [-0.25, -0.2) is 8.78 Å². The predicted molar refractivity (Wildman–Crippen MR) is 72.8 cm³/mol. The van der Waals surface area contributed by atoms with Crippen molar-refractivity contribution in [3.8, 4) is 0 Å². The van der Waals surface area contributed by atoms with Gasteiger partial charge in [0.05, 0.1) is 0 Å². The molecule has 0 heterocycles. The zero-order valence-electron chi connectivity index (χ0n) is 11.1. The first-order valence-corrected chi connectivity index (χ1v) is 6.31. The maximum atomic E-state index is 13.6. The molecule has 0 amide bonds. The molecule has 19 heavy (non-hydrogen) atoms. The Morgan fingerprint density at radius 2 is 1.84 bits per heavy atom. The van der Waals surface area contributed by atoms with Crippen LogP contribution in [0.5, 0.6) is 0 Å². The van der Waals surface area contributed by atoms with Gasteiger partial charge in [0.15, 0.2) is 0 Å². The van der Waals surface area contributed by atoms with Gasteiger partial charge < -0.3 is 5.32 Å². The quantitative estimate of drug-likeness (QED) is 0.872. The van der Waals surface area contributed by atoms with Crippen LogP contribution in [0.2, 0.25) is 0 Å². The van der Waals surface area contributed by atoms with Gasteiger partial charge in [0.2, 0.25) is 0 Å². The summed E-state index contributed by atoms with van der Waals surface area (Å²) in [6.07, 6.45) is 0. The number of rotatable bonds is 4. The third kappa shape index (κ3) is 3.38. The largest absolute Gasteiger partial charge is 0.306 e. The lowest BCUT2D eigenvalue weighted by Crippen LogP contribution is -2.19. The summed E-state index contributed by atoms with van der Waals surface area (Å²) in [6, 6.07) is 11.3. The van der Waals surface area contributed by atoms with Crippen molar-refractivity contribution < 1.29 is 8.78 Å². The number of benzene rings is 2. The Bertz CT molecular complexity index is 566. The average molecular weight is 261 g/mol. The molecule has 2 aromatic carbocycles. The van der Waals surface area contributed by atoms with Gasteiger partial charge in [-0.05, 0) is 43.2 Å². The molecule has 2 rings (SSSR count). The summed E-state index contributed by atoms with van der Waals surface area (Å²) in [7, 11) is 0. The molecular weight excluding hydrogens is 244 g/mol. The molecule has 0 radical (unpaired) electrons. The highest BCUT2D eigenvalue weighted by Crippen LogP contribution is 2.17. The Labute approximate surface area is 112 Å². The van der Waals surface area contributed by atoms with Crippen molar-refractivity contribution in [2.45, 2.75) is 26.4 Å². The Kier molecular flexibility index (Phi) is 4.27. The molecule has 0 bridgehead atoms. The molecule has 0 unspecified atom stereocenters. The highest BCUT2D eigenvalue weighted by molar-refractivity contribution is 5.27. The molecular formula is C16H17F2N. The summed E-state index contributed by atoms with van der Waals surface area (Å²) in [4.78, 5) is 0. The highest BCUT2D eigenvalue weighted by Gasteiger charge is 2.10. The van der Waals surface area contributed by atoms with Crippen LogP contribution in [0.4, 0.5) is 8.78 Å². The number of hydrogen-bond acceptors (Lipinski definition) is 1. The Hall–Kier alpha value is -1.74. The molecule has 0 spiro atoms. The predicted octanol–water partition coefficient (Wildman–Crippen LogP) is 4.12. The molecule has 0 fully saturated rings. The van der Waals surface area contributed by atoms with E-state index < -0.39 is 0 Å². The van der Waals surface area contributed by atoms with Gasteiger partial charge in [0.25, 0.3) is 0 Å². The number of hydrogen-bond donors (Lipinski definition) is 1. The molecule has 1 atom stereocenters. The van der Waals surface area contributed by atoms with Gasteiger partial charge in [-0.1, -0.05) is 24.3 Å². The second-order valence-corrected chi connectivity index (χ2v) is 4.69. The molecule has 3 heteroatoms. The van der Waals surface area contributed by atoms with Gasteiger partial charge in [-0.2, -0.15) is 0 Å². The van der Waals surface area contributed by atoms with E-state index >= 15 is 0 Å². The van der Waals surface area contributed by atoms with E-state index in [4.69, 9.17) is 0 Å². The summed E-state index contributed by atoms with van der Waals surface area (Å²) in [5.41, 5.74) is 2.56. The molecule has 0 aromatic heterocycles. The molecule has 0 saturated carbocycles. The molecule has 1 nitrogen and oxygen atoms in total. The topological polar surface area (TPSA) is 12.0 Å². The molecule has 0 aliphatic carbocycles. The van der Waals surface area contributed by atoms with Crippen molar-refractivity contribution in [2.24, 2.45) is 0 Å². The zero-order valence-corrected chi connectivity index (χ0v) is 11.1. The second-order valence-electron chi connectivity index (χ2n) is 4.69. The Morgan fingerprint density at radius 3 is 2.53 bits per heavy atom. The van der Waals surface area contributed by atoms with Crippen LogP contribution in [0.15, 0.2) is 42.5 Å². The third-order valence-electron chi connectivity index (χ3n) is 3.28.